The molecule has 27 heavy (non-hydrogen) atoms. The van der Waals surface area contributed by atoms with Crippen molar-refractivity contribution in [1.82, 2.24) is 9.29 Å². The fourth-order valence-corrected chi connectivity index (χ4v) is 3.89. The summed E-state index contributed by atoms with van der Waals surface area (Å²) < 4.78 is 31.4. The number of anilines is 1. The number of carbonyl (C=O) groups excluding carboxylic acids is 1. The Bertz CT molecular complexity index is 1160. The number of H-pyrrole nitrogens is 1. The van der Waals surface area contributed by atoms with E-state index in [4.69, 9.17) is 4.42 Å². The van der Waals surface area contributed by atoms with Gasteiger partial charge in [0.25, 0.3) is 5.91 Å². The molecule has 0 radical (unpaired) electrons. The van der Waals surface area contributed by atoms with Crippen molar-refractivity contribution in [1.29, 1.82) is 0 Å². The molecule has 0 bridgehead atoms. The Morgan fingerprint density at radius 3 is 2.63 bits per heavy atom. The van der Waals surface area contributed by atoms with Gasteiger partial charge in [0.05, 0.1) is 10.4 Å². The third-order valence-corrected chi connectivity index (χ3v) is 6.21. The molecular formula is C18H19N3O5S. The Hall–Kier alpha value is -2.91. The predicted octanol–water partition coefficient (Wildman–Crippen LogP) is 2.40. The molecule has 3 aromatic rings. The standard InChI is InChI=1S/C18H19N3O5S/c1-11(2)21(3)27(24,25)14-6-4-5-12(9-14)17(22)19-13-7-8-16-15(10-13)20-18(23)26-16/h4-11H,1-3H3,(H,19,22)(H,20,23). The number of amides is 1. The van der Waals surface area contributed by atoms with Gasteiger partial charge >= 0.3 is 5.76 Å². The van der Waals surface area contributed by atoms with Crippen LogP contribution in [0.2, 0.25) is 0 Å². The number of sulfonamides is 1. The molecular weight excluding hydrogens is 370 g/mol. The van der Waals surface area contributed by atoms with Gasteiger partial charge in [0, 0.05) is 24.3 Å². The predicted molar refractivity (Wildman–Crippen MR) is 101 cm³/mol. The van der Waals surface area contributed by atoms with Gasteiger partial charge in [-0.1, -0.05) is 6.07 Å². The molecule has 0 unspecified atom stereocenters. The minimum atomic E-state index is -3.69. The highest BCUT2D eigenvalue weighted by atomic mass is 32.2. The highest BCUT2D eigenvalue weighted by molar-refractivity contribution is 7.89. The maximum absolute atomic E-state index is 12.6. The van der Waals surface area contributed by atoms with Crippen molar-refractivity contribution >= 4 is 32.7 Å². The number of nitrogens with one attached hydrogen (secondary N) is 2. The van der Waals surface area contributed by atoms with Crippen LogP contribution < -0.4 is 11.1 Å². The second-order valence-corrected chi connectivity index (χ2v) is 8.32. The molecule has 0 aliphatic rings. The highest BCUT2D eigenvalue weighted by Crippen LogP contribution is 2.20. The quantitative estimate of drug-likeness (QED) is 0.696. The van der Waals surface area contributed by atoms with E-state index in [2.05, 4.69) is 10.3 Å². The molecule has 0 saturated carbocycles. The molecule has 1 heterocycles. The molecule has 0 fully saturated rings. The number of hydrogen-bond donors (Lipinski definition) is 2. The molecule has 0 saturated heterocycles. The van der Waals surface area contributed by atoms with Crippen LogP contribution in [-0.2, 0) is 10.0 Å². The lowest BCUT2D eigenvalue weighted by atomic mass is 10.2. The van der Waals surface area contributed by atoms with Crippen LogP contribution in [0, 0.1) is 0 Å². The average Bonchev–Trinajstić information content (AvgIpc) is 3.00. The molecule has 142 valence electrons. The molecule has 0 atom stereocenters. The SMILES string of the molecule is CC(C)N(C)S(=O)(=O)c1cccc(C(=O)Nc2ccc3oc(=O)[nH]c3c2)c1. The first kappa shape index (κ1) is 18.9. The van der Waals surface area contributed by atoms with Gasteiger partial charge in [-0.3, -0.25) is 9.78 Å². The number of aromatic nitrogens is 1. The molecule has 3 rings (SSSR count). The molecule has 0 aliphatic heterocycles. The van der Waals surface area contributed by atoms with E-state index in [0.717, 1.165) is 0 Å². The van der Waals surface area contributed by atoms with Crippen molar-refractivity contribution in [2.24, 2.45) is 0 Å². The average molecular weight is 389 g/mol. The Morgan fingerprint density at radius 2 is 1.93 bits per heavy atom. The number of hydrogen-bond acceptors (Lipinski definition) is 5. The molecule has 9 heteroatoms. The molecule has 1 amide bonds. The van der Waals surface area contributed by atoms with Crippen molar-refractivity contribution in [3.05, 3.63) is 58.6 Å². The van der Waals surface area contributed by atoms with Crippen LogP contribution in [0.4, 0.5) is 5.69 Å². The summed E-state index contributed by atoms with van der Waals surface area (Å²) >= 11 is 0. The maximum atomic E-state index is 12.6. The van der Waals surface area contributed by atoms with Gasteiger partial charge in [-0.15, -0.1) is 0 Å². The number of oxazole rings is 1. The van der Waals surface area contributed by atoms with E-state index in [1.165, 1.54) is 35.6 Å². The normalized spacial score (nSPS) is 12.0. The fourth-order valence-electron chi connectivity index (χ4n) is 2.47. The van der Waals surface area contributed by atoms with Gasteiger partial charge in [0.2, 0.25) is 10.0 Å². The molecule has 8 nitrogen and oxygen atoms in total. The first-order chi connectivity index (χ1) is 12.7. The van der Waals surface area contributed by atoms with Crippen molar-refractivity contribution in [3.8, 4) is 0 Å². The third-order valence-electron chi connectivity index (χ3n) is 4.18. The lowest BCUT2D eigenvalue weighted by Crippen LogP contribution is -2.33. The summed E-state index contributed by atoms with van der Waals surface area (Å²) in [4.78, 5) is 26.3. The second kappa shape index (κ2) is 7.01. The van der Waals surface area contributed by atoms with Gasteiger partial charge in [-0.2, -0.15) is 4.31 Å². The summed E-state index contributed by atoms with van der Waals surface area (Å²) in [5.41, 5.74) is 1.47. The molecule has 0 spiro atoms. The maximum Gasteiger partial charge on any atom is 0.417 e. The van der Waals surface area contributed by atoms with Crippen molar-refractivity contribution < 1.29 is 17.6 Å². The van der Waals surface area contributed by atoms with E-state index in [1.807, 2.05) is 0 Å². The first-order valence-corrected chi connectivity index (χ1v) is 9.65. The lowest BCUT2D eigenvalue weighted by molar-refractivity contribution is 0.102. The number of nitrogens with zero attached hydrogens (tertiary/aromatic N) is 1. The van der Waals surface area contributed by atoms with Gasteiger partial charge in [-0.25, -0.2) is 13.2 Å². The van der Waals surface area contributed by atoms with Crippen LogP contribution in [0.15, 0.2) is 56.6 Å². The van der Waals surface area contributed by atoms with Gasteiger partial charge in [0.15, 0.2) is 5.58 Å². The zero-order valence-electron chi connectivity index (χ0n) is 15.0. The van der Waals surface area contributed by atoms with Crippen molar-refractivity contribution in [2.75, 3.05) is 12.4 Å². The largest absolute Gasteiger partial charge is 0.417 e. The Morgan fingerprint density at radius 1 is 1.19 bits per heavy atom. The van der Waals surface area contributed by atoms with Crippen LogP contribution in [0.3, 0.4) is 0 Å². The second-order valence-electron chi connectivity index (χ2n) is 6.32. The lowest BCUT2D eigenvalue weighted by Gasteiger charge is -2.21. The van der Waals surface area contributed by atoms with Crippen LogP contribution in [0.1, 0.15) is 24.2 Å². The van der Waals surface area contributed by atoms with Crippen LogP contribution in [0.5, 0.6) is 0 Å². The molecule has 2 aromatic carbocycles. The van der Waals surface area contributed by atoms with E-state index in [0.29, 0.717) is 16.8 Å². The number of carbonyl (C=O) groups is 1. The molecule has 0 aliphatic carbocycles. The molecule has 2 N–H and O–H groups in total. The van der Waals surface area contributed by atoms with Crippen LogP contribution >= 0.6 is 0 Å². The minimum absolute atomic E-state index is 0.0426. The summed E-state index contributed by atoms with van der Waals surface area (Å²) in [6.07, 6.45) is 0. The number of aromatic amines is 1. The Labute approximate surface area is 155 Å². The summed E-state index contributed by atoms with van der Waals surface area (Å²) in [5, 5.41) is 2.68. The van der Waals surface area contributed by atoms with E-state index < -0.39 is 21.7 Å². The van der Waals surface area contributed by atoms with Gasteiger partial charge < -0.3 is 9.73 Å². The zero-order chi connectivity index (χ0) is 19.8. The minimum Gasteiger partial charge on any atom is -0.408 e. The summed E-state index contributed by atoms with van der Waals surface area (Å²) in [5.74, 6) is -1.05. The molecule has 1 aromatic heterocycles. The van der Waals surface area contributed by atoms with E-state index in [-0.39, 0.29) is 16.5 Å². The third kappa shape index (κ3) is 3.79. The van der Waals surface area contributed by atoms with Crippen molar-refractivity contribution in [2.45, 2.75) is 24.8 Å². The zero-order valence-corrected chi connectivity index (χ0v) is 15.8. The number of benzene rings is 2. The Kier molecular flexibility index (Phi) is 4.90. The van der Waals surface area contributed by atoms with Crippen LogP contribution in [0.25, 0.3) is 11.1 Å². The van der Waals surface area contributed by atoms with Crippen LogP contribution in [-0.4, -0.2) is 36.7 Å². The van der Waals surface area contributed by atoms with E-state index in [9.17, 15) is 18.0 Å². The Balaban J connectivity index is 1.87. The number of fused-ring (bicyclic) bond motifs is 1. The van der Waals surface area contributed by atoms with E-state index in [1.54, 1.807) is 32.0 Å². The topological polar surface area (TPSA) is 112 Å². The van der Waals surface area contributed by atoms with Gasteiger partial charge in [0.1, 0.15) is 0 Å². The van der Waals surface area contributed by atoms with Gasteiger partial charge in [-0.05, 0) is 50.2 Å². The number of rotatable bonds is 5. The van der Waals surface area contributed by atoms with Crippen molar-refractivity contribution in [3.63, 3.8) is 0 Å². The highest BCUT2D eigenvalue weighted by Gasteiger charge is 2.24. The monoisotopic (exact) mass is 389 g/mol. The summed E-state index contributed by atoms with van der Waals surface area (Å²) in [7, 11) is -2.20. The van der Waals surface area contributed by atoms with E-state index >= 15 is 0 Å². The first-order valence-electron chi connectivity index (χ1n) is 8.21. The fraction of sp³-hybridized carbons (Fsp3) is 0.222. The smallest absolute Gasteiger partial charge is 0.408 e. The summed E-state index contributed by atoms with van der Waals surface area (Å²) in [6.45, 7) is 3.54. The summed E-state index contributed by atoms with van der Waals surface area (Å²) in [6, 6.07) is 10.3.